The SMILES string of the molecule is Cc1cc(C(=O)NNC(=O)C2CCCO2)c(C)n1-c1ccccn1. The average molecular weight is 328 g/mol. The molecule has 7 nitrogen and oxygen atoms in total. The summed E-state index contributed by atoms with van der Waals surface area (Å²) >= 11 is 0. The molecule has 3 heterocycles. The molecular weight excluding hydrogens is 308 g/mol. The highest BCUT2D eigenvalue weighted by atomic mass is 16.5. The molecule has 2 aromatic rings. The molecule has 0 saturated carbocycles. The second-order valence-electron chi connectivity index (χ2n) is 5.75. The molecule has 0 bridgehead atoms. The van der Waals surface area contributed by atoms with Crippen LogP contribution < -0.4 is 10.9 Å². The number of nitrogens with one attached hydrogen (secondary N) is 2. The van der Waals surface area contributed by atoms with Crippen molar-refractivity contribution in [2.75, 3.05) is 6.61 Å². The lowest BCUT2D eigenvalue weighted by molar-refractivity contribution is -0.130. The van der Waals surface area contributed by atoms with Gasteiger partial charge in [0.05, 0.1) is 5.56 Å². The molecule has 1 aliphatic heterocycles. The predicted molar refractivity (Wildman–Crippen MR) is 87.6 cm³/mol. The zero-order valence-corrected chi connectivity index (χ0v) is 13.7. The van der Waals surface area contributed by atoms with Crippen LogP contribution in [0.2, 0.25) is 0 Å². The Morgan fingerprint density at radius 1 is 1.29 bits per heavy atom. The smallest absolute Gasteiger partial charge is 0.271 e. The largest absolute Gasteiger partial charge is 0.368 e. The first-order valence-electron chi connectivity index (χ1n) is 7.90. The minimum atomic E-state index is -0.480. The summed E-state index contributed by atoms with van der Waals surface area (Å²) in [6.07, 6.45) is 2.76. The number of amides is 2. The number of aromatic nitrogens is 2. The quantitative estimate of drug-likeness (QED) is 0.835. The summed E-state index contributed by atoms with van der Waals surface area (Å²) in [6, 6.07) is 7.38. The van der Waals surface area contributed by atoms with Crippen LogP contribution in [-0.4, -0.2) is 34.1 Å². The molecule has 126 valence electrons. The van der Waals surface area contributed by atoms with Crippen LogP contribution in [0.3, 0.4) is 0 Å². The standard InChI is InChI=1S/C17H20N4O3/c1-11-10-13(12(2)21(11)15-7-3-4-8-18-15)16(22)19-20-17(23)14-6-5-9-24-14/h3-4,7-8,10,14H,5-6,9H2,1-2H3,(H,19,22)(H,20,23). The van der Waals surface area contributed by atoms with E-state index in [0.717, 1.165) is 23.6 Å². The van der Waals surface area contributed by atoms with Crippen molar-refractivity contribution in [3.05, 3.63) is 47.4 Å². The lowest BCUT2D eigenvalue weighted by atomic mass is 10.2. The van der Waals surface area contributed by atoms with Crippen LogP contribution in [0.5, 0.6) is 0 Å². The van der Waals surface area contributed by atoms with E-state index >= 15 is 0 Å². The van der Waals surface area contributed by atoms with Gasteiger partial charge in [-0.2, -0.15) is 0 Å². The highest BCUT2D eigenvalue weighted by molar-refractivity contribution is 5.97. The van der Waals surface area contributed by atoms with Gasteiger partial charge >= 0.3 is 0 Å². The third-order valence-corrected chi connectivity index (χ3v) is 4.08. The summed E-state index contributed by atoms with van der Waals surface area (Å²) in [7, 11) is 0. The Balaban J connectivity index is 1.73. The molecule has 2 N–H and O–H groups in total. The highest BCUT2D eigenvalue weighted by Crippen LogP contribution is 2.19. The second kappa shape index (κ2) is 6.84. The Kier molecular flexibility index (Phi) is 4.61. The number of carbonyl (C=O) groups excluding carboxylic acids is 2. The molecule has 2 aromatic heterocycles. The Bertz CT molecular complexity index is 749. The van der Waals surface area contributed by atoms with Gasteiger partial charge in [0.15, 0.2) is 0 Å². The Hall–Kier alpha value is -2.67. The van der Waals surface area contributed by atoms with E-state index < -0.39 is 6.10 Å². The number of carbonyl (C=O) groups is 2. The van der Waals surface area contributed by atoms with Crippen molar-refractivity contribution in [3.63, 3.8) is 0 Å². The van der Waals surface area contributed by atoms with Crippen LogP contribution >= 0.6 is 0 Å². The van der Waals surface area contributed by atoms with Crippen molar-refractivity contribution in [2.45, 2.75) is 32.8 Å². The van der Waals surface area contributed by atoms with Crippen LogP contribution in [0.1, 0.15) is 34.6 Å². The summed E-state index contributed by atoms with van der Waals surface area (Å²) in [5, 5.41) is 0. The van der Waals surface area contributed by atoms with Crippen LogP contribution in [0.25, 0.3) is 5.82 Å². The molecule has 1 saturated heterocycles. The molecular formula is C17H20N4O3. The van der Waals surface area contributed by atoms with Crippen molar-refractivity contribution >= 4 is 11.8 Å². The van der Waals surface area contributed by atoms with Gasteiger partial charge in [0.2, 0.25) is 0 Å². The van der Waals surface area contributed by atoms with Gasteiger partial charge in [-0.15, -0.1) is 0 Å². The van der Waals surface area contributed by atoms with Gasteiger partial charge < -0.3 is 9.30 Å². The van der Waals surface area contributed by atoms with Gasteiger partial charge in [0.25, 0.3) is 11.8 Å². The zero-order valence-electron chi connectivity index (χ0n) is 13.7. The van der Waals surface area contributed by atoms with Gasteiger partial charge in [-0.1, -0.05) is 6.07 Å². The third kappa shape index (κ3) is 3.16. The number of aryl methyl sites for hydroxylation is 1. The zero-order chi connectivity index (χ0) is 17.1. The summed E-state index contributed by atoms with van der Waals surface area (Å²) in [4.78, 5) is 28.6. The van der Waals surface area contributed by atoms with Gasteiger partial charge in [0, 0.05) is 24.2 Å². The van der Waals surface area contributed by atoms with E-state index in [9.17, 15) is 9.59 Å². The fourth-order valence-corrected chi connectivity index (χ4v) is 2.88. The molecule has 1 unspecified atom stereocenters. The Morgan fingerprint density at radius 3 is 2.79 bits per heavy atom. The van der Waals surface area contributed by atoms with E-state index in [-0.39, 0.29) is 11.8 Å². The maximum absolute atomic E-state index is 12.4. The summed E-state index contributed by atoms with van der Waals surface area (Å²) in [5.41, 5.74) is 7.03. The second-order valence-corrected chi connectivity index (χ2v) is 5.75. The number of pyridine rings is 1. The molecule has 0 spiro atoms. The number of hydrazine groups is 1. The first-order valence-corrected chi connectivity index (χ1v) is 7.90. The van der Waals surface area contributed by atoms with Crippen molar-refractivity contribution in [3.8, 4) is 5.82 Å². The first-order chi connectivity index (χ1) is 11.6. The van der Waals surface area contributed by atoms with Gasteiger partial charge in [0.1, 0.15) is 11.9 Å². The number of nitrogens with zero attached hydrogens (tertiary/aromatic N) is 2. The van der Waals surface area contributed by atoms with Crippen molar-refractivity contribution in [1.82, 2.24) is 20.4 Å². The molecule has 1 fully saturated rings. The summed E-state index contributed by atoms with van der Waals surface area (Å²) in [6.45, 7) is 4.33. The van der Waals surface area contributed by atoms with E-state index in [4.69, 9.17) is 4.74 Å². The minimum Gasteiger partial charge on any atom is -0.368 e. The van der Waals surface area contributed by atoms with Crippen molar-refractivity contribution in [1.29, 1.82) is 0 Å². The normalized spacial score (nSPS) is 16.8. The Labute approximate surface area is 140 Å². The lowest BCUT2D eigenvalue weighted by Gasteiger charge is -2.12. The third-order valence-electron chi connectivity index (χ3n) is 4.08. The molecule has 0 aliphatic carbocycles. The molecule has 1 aliphatic rings. The fraction of sp³-hybridized carbons (Fsp3) is 0.353. The first kappa shape index (κ1) is 16.2. The number of hydrogen-bond donors (Lipinski definition) is 2. The predicted octanol–water partition coefficient (Wildman–Crippen LogP) is 1.43. The van der Waals surface area contributed by atoms with E-state index in [0.29, 0.717) is 18.6 Å². The average Bonchev–Trinajstić information content (AvgIpc) is 3.21. The molecule has 2 amide bonds. The van der Waals surface area contributed by atoms with E-state index in [1.807, 2.05) is 36.6 Å². The topological polar surface area (TPSA) is 85.3 Å². The maximum atomic E-state index is 12.4. The molecule has 0 aromatic carbocycles. The molecule has 24 heavy (non-hydrogen) atoms. The number of hydrogen-bond acceptors (Lipinski definition) is 4. The van der Waals surface area contributed by atoms with E-state index in [1.165, 1.54) is 0 Å². The van der Waals surface area contributed by atoms with Gasteiger partial charge in [-0.05, 0) is 44.9 Å². The molecule has 1 atom stereocenters. The monoisotopic (exact) mass is 328 g/mol. The molecule has 0 radical (unpaired) electrons. The molecule has 3 rings (SSSR count). The van der Waals surface area contributed by atoms with E-state index in [1.54, 1.807) is 12.3 Å². The van der Waals surface area contributed by atoms with Crippen LogP contribution in [0.15, 0.2) is 30.5 Å². The minimum absolute atomic E-state index is 0.320. The van der Waals surface area contributed by atoms with E-state index in [2.05, 4.69) is 15.8 Å². The van der Waals surface area contributed by atoms with Crippen LogP contribution in [0, 0.1) is 13.8 Å². The fourth-order valence-electron chi connectivity index (χ4n) is 2.88. The number of ether oxygens (including phenoxy) is 1. The summed E-state index contributed by atoms with van der Waals surface area (Å²) < 4.78 is 7.18. The number of rotatable bonds is 3. The molecule has 7 heteroatoms. The van der Waals surface area contributed by atoms with Crippen molar-refractivity contribution < 1.29 is 14.3 Å². The highest BCUT2D eigenvalue weighted by Gasteiger charge is 2.24. The van der Waals surface area contributed by atoms with Crippen LogP contribution in [-0.2, 0) is 9.53 Å². The van der Waals surface area contributed by atoms with Crippen molar-refractivity contribution in [2.24, 2.45) is 0 Å². The lowest BCUT2D eigenvalue weighted by Crippen LogP contribution is -2.46. The van der Waals surface area contributed by atoms with Gasteiger partial charge in [-0.25, -0.2) is 4.98 Å². The maximum Gasteiger partial charge on any atom is 0.271 e. The Morgan fingerprint density at radius 2 is 2.12 bits per heavy atom. The van der Waals surface area contributed by atoms with Gasteiger partial charge in [-0.3, -0.25) is 20.4 Å². The van der Waals surface area contributed by atoms with Crippen LogP contribution in [0.4, 0.5) is 0 Å². The summed E-state index contributed by atoms with van der Waals surface area (Å²) in [5.74, 6) is 0.0611.